The highest BCUT2D eigenvalue weighted by molar-refractivity contribution is 4.93. The third-order valence-electron chi connectivity index (χ3n) is 4.08. The second-order valence-electron chi connectivity index (χ2n) is 5.43. The monoisotopic (exact) mass is 213 g/mol. The van der Waals surface area contributed by atoms with Crippen LogP contribution in [-0.2, 0) is 0 Å². The Morgan fingerprint density at radius 2 is 2.20 bits per heavy atom. The van der Waals surface area contributed by atoms with Crippen LogP contribution in [0.25, 0.3) is 0 Å². The number of aliphatic hydroxyl groups excluding tert-OH is 1. The van der Waals surface area contributed by atoms with Crippen LogP contribution in [0.2, 0.25) is 0 Å². The summed E-state index contributed by atoms with van der Waals surface area (Å²) < 4.78 is 0. The molecule has 0 spiro atoms. The highest BCUT2D eigenvalue weighted by Crippen LogP contribution is 2.44. The van der Waals surface area contributed by atoms with Gasteiger partial charge in [-0.3, -0.25) is 0 Å². The molecule has 1 saturated carbocycles. The molecule has 0 aliphatic heterocycles. The third kappa shape index (κ3) is 3.18. The largest absolute Gasteiger partial charge is 0.393 e. The Balaban J connectivity index is 2.43. The van der Waals surface area contributed by atoms with Gasteiger partial charge in [0.2, 0.25) is 0 Å². The van der Waals surface area contributed by atoms with Gasteiger partial charge in [0.1, 0.15) is 0 Å². The SMILES string of the molecule is CCCCCC(O)C1(CN)CCC(C)C1. The smallest absolute Gasteiger partial charge is 0.0608 e. The van der Waals surface area contributed by atoms with Crippen LogP contribution in [0.3, 0.4) is 0 Å². The molecule has 0 aromatic heterocycles. The highest BCUT2D eigenvalue weighted by atomic mass is 16.3. The summed E-state index contributed by atoms with van der Waals surface area (Å²) in [4.78, 5) is 0. The minimum absolute atomic E-state index is 0.0488. The van der Waals surface area contributed by atoms with Crippen LogP contribution in [0.5, 0.6) is 0 Å². The Morgan fingerprint density at radius 1 is 1.47 bits per heavy atom. The molecule has 2 heteroatoms. The van der Waals surface area contributed by atoms with Crippen molar-refractivity contribution in [3.63, 3.8) is 0 Å². The molecule has 0 amide bonds. The molecule has 15 heavy (non-hydrogen) atoms. The zero-order chi connectivity index (χ0) is 11.3. The van der Waals surface area contributed by atoms with Gasteiger partial charge in [0.15, 0.2) is 0 Å². The van der Waals surface area contributed by atoms with Gasteiger partial charge in [-0.1, -0.05) is 39.5 Å². The first kappa shape index (κ1) is 13.0. The zero-order valence-electron chi connectivity index (χ0n) is 10.3. The van der Waals surface area contributed by atoms with Crippen molar-refractivity contribution in [1.82, 2.24) is 0 Å². The predicted molar refractivity (Wildman–Crippen MR) is 64.7 cm³/mol. The summed E-state index contributed by atoms with van der Waals surface area (Å²) in [5, 5.41) is 10.3. The summed E-state index contributed by atoms with van der Waals surface area (Å²) in [7, 11) is 0. The van der Waals surface area contributed by atoms with Gasteiger partial charge < -0.3 is 10.8 Å². The Bertz CT molecular complexity index is 183. The molecule has 1 rings (SSSR count). The Hall–Kier alpha value is -0.0800. The fourth-order valence-electron chi connectivity index (χ4n) is 2.95. The number of unbranched alkanes of at least 4 members (excludes halogenated alkanes) is 2. The molecule has 0 radical (unpaired) electrons. The number of hydrogen-bond donors (Lipinski definition) is 2. The van der Waals surface area contributed by atoms with Crippen LogP contribution < -0.4 is 5.73 Å². The van der Waals surface area contributed by atoms with Crippen LogP contribution in [-0.4, -0.2) is 17.8 Å². The molecule has 90 valence electrons. The summed E-state index contributed by atoms with van der Waals surface area (Å²) in [6, 6.07) is 0. The summed E-state index contributed by atoms with van der Waals surface area (Å²) in [5.41, 5.74) is 5.92. The molecule has 1 aliphatic carbocycles. The molecule has 1 aliphatic rings. The number of hydrogen-bond acceptors (Lipinski definition) is 2. The van der Waals surface area contributed by atoms with Crippen molar-refractivity contribution in [1.29, 1.82) is 0 Å². The summed E-state index contributed by atoms with van der Waals surface area (Å²) in [6.07, 6.45) is 7.85. The van der Waals surface area contributed by atoms with Crippen molar-refractivity contribution in [2.45, 2.75) is 64.9 Å². The summed E-state index contributed by atoms with van der Waals surface area (Å²) in [5.74, 6) is 0.745. The molecule has 1 fully saturated rings. The maximum absolute atomic E-state index is 10.3. The lowest BCUT2D eigenvalue weighted by atomic mass is 9.77. The van der Waals surface area contributed by atoms with E-state index in [1.165, 1.54) is 19.3 Å². The van der Waals surface area contributed by atoms with E-state index in [0.717, 1.165) is 31.6 Å². The first-order valence-electron chi connectivity index (χ1n) is 6.52. The highest BCUT2D eigenvalue weighted by Gasteiger charge is 2.41. The van der Waals surface area contributed by atoms with Crippen molar-refractivity contribution in [2.24, 2.45) is 17.1 Å². The van der Waals surface area contributed by atoms with Gasteiger partial charge in [-0.25, -0.2) is 0 Å². The van der Waals surface area contributed by atoms with Crippen molar-refractivity contribution in [2.75, 3.05) is 6.54 Å². The fourth-order valence-corrected chi connectivity index (χ4v) is 2.95. The van der Waals surface area contributed by atoms with E-state index in [9.17, 15) is 5.11 Å². The molecule has 0 aromatic rings. The quantitative estimate of drug-likeness (QED) is 0.666. The number of aliphatic hydroxyl groups is 1. The van der Waals surface area contributed by atoms with Crippen LogP contribution in [0.4, 0.5) is 0 Å². The zero-order valence-corrected chi connectivity index (χ0v) is 10.3. The normalized spacial score (nSPS) is 33.2. The molecule has 2 nitrogen and oxygen atoms in total. The van der Waals surface area contributed by atoms with E-state index < -0.39 is 0 Å². The van der Waals surface area contributed by atoms with Crippen molar-refractivity contribution >= 4 is 0 Å². The number of rotatable bonds is 6. The van der Waals surface area contributed by atoms with Crippen LogP contribution in [0.1, 0.15) is 58.8 Å². The van der Waals surface area contributed by atoms with E-state index in [-0.39, 0.29) is 11.5 Å². The lowest BCUT2D eigenvalue weighted by Crippen LogP contribution is -2.39. The lowest BCUT2D eigenvalue weighted by molar-refractivity contribution is 0.0238. The molecule has 3 atom stereocenters. The Kier molecular flexibility index (Phi) is 5.07. The van der Waals surface area contributed by atoms with Gasteiger partial charge in [-0.2, -0.15) is 0 Å². The first-order valence-corrected chi connectivity index (χ1v) is 6.52. The van der Waals surface area contributed by atoms with Gasteiger partial charge in [0.25, 0.3) is 0 Å². The maximum Gasteiger partial charge on any atom is 0.0608 e. The standard InChI is InChI=1S/C13H27NO/c1-3-4-5-6-12(15)13(10-14)8-7-11(2)9-13/h11-12,15H,3-10,14H2,1-2H3. The van der Waals surface area contributed by atoms with Gasteiger partial charge in [-0.05, 0) is 25.2 Å². The number of nitrogens with two attached hydrogens (primary N) is 1. The van der Waals surface area contributed by atoms with Crippen molar-refractivity contribution < 1.29 is 5.11 Å². The van der Waals surface area contributed by atoms with Crippen molar-refractivity contribution in [3.05, 3.63) is 0 Å². The Labute approximate surface area is 94.2 Å². The second-order valence-corrected chi connectivity index (χ2v) is 5.43. The fraction of sp³-hybridized carbons (Fsp3) is 1.00. The van der Waals surface area contributed by atoms with Gasteiger partial charge >= 0.3 is 0 Å². The van der Waals surface area contributed by atoms with E-state index in [2.05, 4.69) is 13.8 Å². The Morgan fingerprint density at radius 3 is 2.67 bits per heavy atom. The molecular weight excluding hydrogens is 186 g/mol. The maximum atomic E-state index is 10.3. The predicted octanol–water partition coefficient (Wildman–Crippen LogP) is 2.69. The van der Waals surface area contributed by atoms with Gasteiger partial charge in [-0.15, -0.1) is 0 Å². The first-order chi connectivity index (χ1) is 7.14. The summed E-state index contributed by atoms with van der Waals surface area (Å²) in [6.45, 7) is 5.13. The average molecular weight is 213 g/mol. The van der Waals surface area contributed by atoms with E-state index in [4.69, 9.17) is 5.73 Å². The molecule has 3 N–H and O–H groups in total. The molecule has 0 bridgehead atoms. The molecular formula is C13H27NO. The average Bonchev–Trinajstić information content (AvgIpc) is 2.62. The van der Waals surface area contributed by atoms with E-state index >= 15 is 0 Å². The lowest BCUT2D eigenvalue weighted by Gasteiger charge is -2.33. The second kappa shape index (κ2) is 5.86. The van der Waals surface area contributed by atoms with Crippen LogP contribution in [0, 0.1) is 11.3 Å². The molecule has 0 heterocycles. The molecule has 0 saturated heterocycles. The summed E-state index contributed by atoms with van der Waals surface area (Å²) >= 11 is 0. The van der Waals surface area contributed by atoms with Gasteiger partial charge in [0, 0.05) is 12.0 Å². The van der Waals surface area contributed by atoms with E-state index in [1.807, 2.05) is 0 Å². The third-order valence-corrected chi connectivity index (χ3v) is 4.08. The minimum atomic E-state index is -0.168. The molecule has 3 unspecified atom stereocenters. The van der Waals surface area contributed by atoms with E-state index in [1.54, 1.807) is 0 Å². The van der Waals surface area contributed by atoms with E-state index in [0.29, 0.717) is 6.54 Å². The van der Waals surface area contributed by atoms with Crippen LogP contribution in [0.15, 0.2) is 0 Å². The van der Waals surface area contributed by atoms with Crippen LogP contribution >= 0.6 is 0 Å². The van der Waals surface area contributed by atoms with Gasteiger partial charge in [0.05, 0.1) is 6.10 Å². The van der Waals surface area contributed by atoms with Crippen molar-refractivity contribution in [3.8, 4) is 0 Å². The minimum Gasteiger partial charge on any atom is -0.393 e. The molecule has 0 aromatic carbocycles. The topological polar surface area (TPSA) is 46.2 Å².